The van der Waals surface area contributed by atoms with Gasteiger partial charge < -0.3 is 0 Å². The zero-order valence-electron chi connectivity index (χ0n) is 6.59. The van der Waals surface area contributed by atoms with Crippen LogP contribution in [0.3, 0.4) is 0 Å². The van der Waals surface area contributed by atoms with E-state index in [2.05, 4.69) is 30.8 Å². The van der Waals surface area contributed by atoms with Gasteiger partial charge in [0.2, 0.25) is 0 Å². The van der Waals surface area contributed by atoms with E-state index in [1.54, 1.807) is 0 Å². The number of rotatable bonds is 2. The summed E-state index contributed by atoms with van der Waals surface area (Å²) < 4.78 is 0. The molecule has 1 aromatic rings. The number of hydrogen-bond donors (Lipinski definition) is 0. The van der Waals surface area contributed by atoms with Gasteiger partial charge in [-0.15, -0.1) is 6.58 Å². The Bertz CT molecular complexity index is 273. The van der Waals surface area contributed by atoms with Crippen molar-refractivity contribution in [2.75, 3.05) is 0 Å². The molecule has 11 heavy (non-hydrogen) atoms. The summed E-state index contributed by atoms with van der Waals surface area (Å²) in [6, 6.07) is 8.68. The minimum Gasteiger partial charge on any atom is -0.103 e. The molecule has 1 unspecified atom stereocenters. The predicted molar refractivity (Wildman–Crippen MR) is 47.7 cm³/mol. The first-order valence-electron chi connectivity index (χ1n) is 4.10. The van der Waals surface area contributed by atoms with Crippen LogP contribution in [0.4, 0.5) is 0 Å². The molecule has 0 nitrogen and oxygen atoms in total. The van der Waals surface area contributed by atoms with Gasteiger partial charge in [-0.3, -0.25) is 0 Å². The van der Waals surface area contributed by atoms with Gasteiger partial charge in [0.05, 0.1) is 0 Å². The SMILES string of the molecule is C=CCC1Cc2ccccc21. The maximum Gasteiger partial charge on any atom is -0.00842 e. The molecule has 0 heteroatoms. The van der Waals surface area contributed by atoms with Crippen molar-refractivity contribution in [2.45, 2.75) is 18.8 Å². The Balaban J connectivity index is 2.22. The first-order valence-corrected chi connectivity index (χ1v) is 4.10. The van der Waals surface area contributed by atoms with E-state index in [1.165, 1.54) is 17.5 Å². The first kappa shape index (κ1) is 6.66. The van der Waals surface area contributed by atoms with Crippen LogP contribution in [0.15, 0.2) is 36.9 Å². The molecule has 0 radical (unpaired) electrons. The fraction of sp³-hybridized carbons (Fsp3) is 0.273. The van der Waals surface area contributed by atoms with Gasteiger partial charge in [0.15, 0.2) is 0 Å². The van der Waals surface area contributed by atoms with E-state index in [4.69, 9.17) is 0 Å². The lowest BCUT2D eigenvalue weighted by molar-refractivity contribution is 0.617. The van der Waals surface area contributed by atoms with Crippen molar-refractivity contribution in [3.05, 3.63) is 48.0 Å². The average molecular weight is 144 g/mol. The van der Waals surface area contributed by atoms with E-state index in [-0.39, 0.29) is 0 Å². The maximum atomic E-state index is 3.76. The summed E-state index contributed by atoms with van der Waals surface area (Å²) in [6.07, 6.45) is 4.40. The summed E-state index contributed by atoms with van der Waals surface area (Å²) in [7, 11) is 0. The highest BCUT2D eigenvalue weighted by atomic mass is 14.3. The van der Waals surface area contributed by atoms with Crippen molar-refractivity contribution < 1.29 is 0 Å². The Hall–Kier alpha value is -1.04. The molecule has 0 aromatic heterocycles. The molecule has 1 atom stereocenters. The third kappa shape index (κ3) is 0.988. The summed E-state index contributed by atoms with van der Waals surface area (Å²) in [4.78, 5) is 0. The molecule has 0 bridgehead atoms. The van der Waals surface area contributed by atoms with Gasteiger partial charge in [-0.2, -0.15) is 0 Å². The second kappa shape index (κ2) is 2.54. The van der Waals surface area contributed by atoms with E-state index < -0.39 is 0 Å². The molecular weight excluding hydrogens is 132 g/mol. The van der Waals surface area contributed by atoms with Crippen molar-refractivity contribution in [3.63, 3.8) is 0 Å². The van der Waals surface area contributed by atoms with Gasteiger partial charge >= 0.3 is 0 Å². The van der Waals surface area contributed by atoms with Gasteiger partial charge in [-0.1, -0.05) is 30.3 Å². The van der Waals surface area contributed by atoms with E-state index >= 15 is 0 Å². The van der Waals surface area contributed by atoms with Crippen LogP contribution in [-0.2, 0) is 6.42 Å². The smallest absolute Gasteiger partial charge is 0.00842 e. The van der Waals surface area contributed by atoms with E-state index in [0.29, 0.717) is 0 Å². The molecule has 0 fully saturated rings. The van der Waals surface area contributed by atoms with Crippen molar-refractivity contribution in [1.29, 1.82) is 0 Å². The minimum atomic E-state index is 0.767. The van der Waals surface area contributed by atoms with Crippen LogP contribution in [0.1, 0.15) is 23.5 Å². The molecule has 1 aromatic carbocycles. The molecule has 0 spiro atoms. The van der Waals surface area contributed by atoms with Crippen LogP contribution in [0, 0.1) is 0 Å². The number of benzene rings is 1. The van der Waals surface area contributed by atoms with Crippen LogP contribution in [0.25, 0.3) is 0 Å². The fourth-order valence-corrected chi connectivity index (χ4v) is 1.77. The standard InChI is InChI=1S/C11H12/c1-2-5-9-8-10-6-3-4-7-11(9)10/h2-4,6-7,9H,1,5,8H2. The number of hydrogen-bond acceptors (Lipinski definition) is 0. The highest BCUT2D eigenvalue weighted by Crippen LogP contribution is 2.37. The summed E-state index contributed by atoms with van der Waals surface area (Å²) in [5.41, 5.74) is 3.06. The summed E-state index contributed by atoms with van der Waals surface area (Å²) >= 11 is 0. The average Bonchev–Trinajstić information content (AvgIpc) is 2.01. The maximum absolute atomic E-state index is 3.76. The monoisotopic (exact) mass is 144 g/mol. The molecule has 1 aliphatic rings. The van der Waals surface area contributed by atoms with Crippen LogP contribution >= 0.6 is 0 Å². The molecule has 0 saturated carbocycles. The molecule has 0 saturated heterocycles. The van der Waals surface area contributed by atoms with Gasteiger partial charge in [-0.05, 0) is 29.9 Å². The predicted octanol–water partition coefficient (Wildman–Crippen LogP) is 2.90. The molecule has 2 rings (SSSR count). The van der Waals surface area contributed by atoms with Crippen molar-refractivity contribution in [1.82, 2.24) is 0 Å². The molecule has 56 valence electrons. The van der Waals surface area contributed by atoms with Crippen LogP contribution in [0.2, 0.25) is 0 Å². The lowest BCUT2D eigenvalue weighted by atomic mass is 9.76. The van der Waals surface area contributed by atoms with Crippen LogP contribution in [-0.4, -0.2) is 0 Å². The third-order valence-corrected chi connectivity index (χ3v) is 2.41. The Labute approximate surface area is 67.6 Å². The normalized spacial score (nSPS) is 20.2. The summed E-state index contributed by atoms with van der Waals surface area (Å²) in [5, 5.41) is 0. The largest absolute Gasteiger partial charge is 0.103 e. The topological polar surface area (TPSA) is 0 Å². The van der Waals surface area contributed by atoms with Gasteiger partial charge in [0.25, 0.3) is 0 Å². The van der Waals surface area contributed by atoms with Crippen LogP contribution in [0.5, 0.6) is 0 Å². The highest BCUT2D eigenvalue weighted by molar-refractivity contribution is 5.40. The summed E-state index contributed by atoms with van der Waals surface area (Å²) in [6.45, 7) is 3.76. The molecular formula is C11H12. The number of allylic oxidation sites excluding steroid dienone is 1. The van der Waals surface area contributed by atoms with Gasteiger partial charge in [0.1, 0.15) is 0 Å². The van der Waals surface area contributed by atoms with E-state index in [0.717, 1.165) is 12.3 Å². The second-order valence-corrected chi connectivity index (χ2v) is 3.12. The Kier molecular flexibility index (Phi) is 1.54. The molecule has 0 heterocycles. The Morgan fingerprint density at radius 2 is 2.27 bits per heavy atom. The lowest BCUT2D eigenvalue weighted by Crippen LogP contribution is -2.15. The van der Waals surface area contributed by atoms with Gasteiger partial charge in [0, 0.05) is 0 Å². The molecule has 1 aliphatic carbocycles. The Morgan fingerprint density at radius 3 is 3.00 bits per heavy atom. The van der Waals surface area contributed by atoms with Crippen molar-refractivity contribution in [3.8, 4) is 0 Å². The second-order valence-electron chi connectivity index (χ2n) is 3.12. The lowest BCUT2D eigenvalue weighted by Gasteiger charge is -2.28. The molecule has 0 N–H and O–H groups in total. The van der Waals surface area contributed by atoms with E-state index in [1.807, 2.05) is 6.08 Å². The molecule has 0 aliphatic heterocycles. The Morgan fingerprint density at radius 1 is 1.45 bits per heavy atom. The van der Waals surface area contributed by atoms with Gasteiger partial charge in [-0.25, -0.2) is 0 Å². The first-order chi connectivity index (χ1) is 5.42. The zero-order valence-corrected chi connectivity index (χ0v) is 6.59. The third-order valence-electron chi connectivity index (χ3n) is 2.41. The zero-order chi connectivity index (χ0) is 7.68. The highest BCUT2D eigenvalue weighted by Gasteiger charge is 2.23. The fourth-order valence-electron chi connectivity index (χ4n) is 1.77. The van der Waals surface area contributed by atoms with Crippen molar-refractivity contribution >= 4 is 0 Å². The number of fused-ring (bicyclic) bond motifs is 1. The minimum absolute atomic E-state index is 0.767. The van der Waals surface area contributed by atoms with E-state index in [9.17, 15) is 0 Å². The van der Waals surface area contributed by atoms with Crippen LogP contribution < -0.4 is 0 Å². The quantitative estimate of drug-likeness (QED) is 0.560. The van der Waals surface area contributed by atoms with Crippen molar-refractivity contribution in [2.24, 2.45) is 0 Å². The molecule has 0 amide bonds. The summed E-state index contributed by atoms with van der Waals surface area (Å²) in [5.74, 6) is 0.767.